The molecular formula is C12H18N2O2. The summed E-state index contributed by atoms with van der Waals surface area (Å²) in [6, 6.07) is -0.617. The van der Waals surface area contributed by atoms with E-state index in [-0.39, 0.29) is 0 Å². The van der Waals surface area contributed by atoms with Crippen LogP contribution in [0.3, 0.4) is 0 Å². The molecule has 0 bridgehead atoms. The van der Waals surface area contributed by atoms with Crippen LogP contribution >= 0.6 is 0 Å². The van der Waals surface area contributed by atoms with E-state index in [1.807, 2.05) is 0 Å². The van der Waals surface area contributed by atoms with Gasteiger partial charge < -0.3 is 16.2 Å². The standard InChI is InChI=1S/C12H18N2O2/c1-2-3-4-7-10-16-12(15)11(14)8-5-6-9-13/h1,11H,3-6,8-9,13-14H2/t11-/m0/s1. The van der Waals surface area contributed by atoms with Gasteiger partial charge in [0.25, 0.3) is 0 Å². The Kier molecular flexibility index (Phi) is 9.11. The summed E-state index contributed by atoms with van der Waals surface area (Å²) in [6.07, 6.45) is 10.6. The predicted octanol–water partition coefficient (Wildman–Crippen LogP) is 0.360. The third-order valence-corrected chi connectivity index (χ3v) is 1.89. The van der Waals surface area contributed by atoms with Crippen molar-refractivity contribution >= 4 is 5.97 Å². The van der Waals surface area contributed by atoms with Crippen LogP contribution in [0, 0.1) is 24.4 Å². The van der Waals surface area contributed by atoms with E-state index in [1.165, 1.54) is 0 Å². The molecule has 0 aliphatic heterocycles. The highest BCUT2D eigenvalue weighted by Gasteiger charge is 2.13. The zero-order valence-corrected chi connectivity index (χ0v) is 9.37. The minimum absolute atomic E-state index is 0.495. The van der Waals surface area contributed by atoms with Crippen LogP contribution in [0.4, 0.5) is 0 Å². The Morgan fingerprint density at radius 2 is 2.12 bits per heavy atom. The average molecular weight is 222 g/mol. The molecule has 0 unspecified atom stereocenters. The van der Waals surface area contributed by atoms with Gasteiger partial charge in [0, 0.05) is 12.8 Å². The van der Waals surface area contributed by atoms with Gasteiger partial charge in [-0.05, 0) is 19.4 Å². The largest absolute Gasteiger partial charge is 0.371 e. The topological polar surface area (TPSA) is 78.3 Å². The maximum Gasteiger partial charge on any atom is 0.336 e. The molecule has 0 aromatic heterocycles. The monoisotopic (exact) mass is 222 g/mol. The number of ether oxygens (including phenoxy) is 1. The Labute approximate surface area is 96.7 Å². The summed E-state index contributed by atoms with van der Waals surface area (Å²) in [7, 11) is 0. The van der Waals surface area contributed by atoms with Gasteiger partial charge in [0.05, 0.1) is 0 Å². The number of carbonyl (C=O) groups is 1. The van der Waals surface area contributed by atoms with Gasteiger partial charge in [-0.15, -0.1) is 12.3 Å². The number of terminal acetylenes is 1. The maximum absolute atomic E-state index is 11.2. The zero-order valence-electron chi connectivity index (χ0n) is 9.37. The molecule has 0 aliphatic carbocycles. The first-order chi connectivity index (χ1) is 7.72. The SMILES string of the molecule is C#CCCC#COC(=O)[C@@H](N)CCCCN. The van der Waals surface area contributed by atoms with E-state index in [2.05, 4.69) is 22.7 Å². The number of esters is 1. The van der Waals surface area contributed by atoms with Crippen LogP contribution in [0.15, 0.2) is 0 Å². The Balaban J connectivity index is 3.69. The van der Waals surface area contributed by atoms with E-state index in [0.717, 1.165) is 12.8 Å². The van der Waals surface area contributed by atoms with Crippen molar-refractivity contribution in [1.29, 1.82) is 0 Å². The Morgan fingerprint density at radius 1 is 1.38 bits per heavy atom. The molecule has 0 radical (unpaired) electrons. The van der Waals surface area contributed by atoms with Gasteiger partial charge in [-0.3, -0.25) is 0 Å². The molecule has 0 rings (SSSR count). The van der Waals surface area contributed by atoms with Crippen molar-refractivity contribution < 1.29 is 9.53 Å². The number of unbranched alkanes of at least 4 members (excludes halogenated alkanes) is 2. The molecule has 0 spiro atoms. The van der Waals surface area contributed by atoms with Gasteiger partial charge in [-0.2, -0.15) is 0 Å². The normalized spacial score (nSPS) is 10.8. The van der Waals surface area contributed by atoms with Crippen LogP contribution < -0.4 is 11.5 Å². The molecule has 0 fully saturated rings. The summed E-state index contributed by atoms with van der Waals surface area (Å²) in [5.74, 6) is 4.57. The van der Waals surface area contributed by atoms with Crippen LogP contribution in [0.2, 0.25) is 0 Å². The molecule has 88 valence electrons. The van der Waals surface area contributed by atoms with Gasteiger partial charge in [0.15, 0.2) is 0 Å². The lowest BCUT2D eigenvalue weighted by atomic mass is 10.1. The molecule has 0 saturated heterocycles. The fourth-order valence-electron chi connectivity index (χ4n) is 0.974. The fraction of sp³-hybridized carbons (Fsp3) is 0.583. The van der Waals surface area contributed by atoms with Crippen molar-refractivity contribution in [2.75, 3.05) is 6.54 Å². The quantitative estimate of drug-likeness (QED) is 0.386. The zero-order chi connectivity index (χ0) is 12.2. The van der Waals surface area contributed by atoms with Crippen LogP contribution in [-0.4, -0.2) is 18.6 Å². The molecule has 1 atom stereocenters. The second kappa shape index (κ2) is 10.0. The van der Waals surface area contributed by atoms with Gasteiger partial charge in [-0.25, -0.2) is 4.79 Å². The fourth-order valence-corrected chi connectivity index (χ4v) is 0.974. The third-order valence-electron chi connectivity index (χ3n) is 1.89. The number of hydrogen-bond acceptors (Lipinski definition) is 4. The van der Waals surface area contributed by atoms with E-state index in [0.29, 0.717) is 25.8 Å². The predicted molar refractivity (Wildman–Crippen MR) is 62.8 cm³/mol. The van der Waals surface area contributed by atoms with Crippen LogP contribution in [-0.2, 0) is 9.53 Å². The van der Waals surface area contributed by atoms with Crippen molar-refractivity contribution in [3.63, 3.8) is 0 Å². The maximum atomic E-state index is 11.2. The Morgan fingerprint density at radius 3 is 2.75 bits per heavy atom. The Bertz CT molecular complexity index is 296. The first kappa shape index (κ1) is 14.5. The van der Waals surface area contributed by atoms with Crippen molar-refractivity contribution in [2.45, 2.75) is 38.1 Å². The highest BCUT2D eigenvalue weighted by atomic mass is 16.5. The first-order valence-corrected chi connectivity index (χ1v) is 5.30. The molecule has 4 N–H and O–H groups in total. The van der Waals surface area contributed by atoms with Crippen LogP contribution in [0.5, 0.6) is 0 Å². The van der Waals surface area contributed by atoms with Crippen molar-refractivity contribution in [3.8, 4) is 24.4 Å². The second-order valence-electron chi connectivity index (χ2n) is 3.30. The van der Waals surface area contributed by atoms with E-state index < -0.39 is 12.0 Å². The molecular weight excluding hydrogens is 204 g/mol. The summed E-state index contributed by atoms with van der Waals surface area (Å²) in [5.41, 5.74) is 10.9. The van der Waals surface area contributed by atoms with Crippen LogP contribution in [0.1, 0.15) is 32.1 Å². The lowest BCUT2D eigenvalue weighted by molar-refractivity contribution is -0.138. The summed E-state index contributed by atoms with van der Waals surface area (Å²) < 4.78 is 4.66. The minimum atomic E-state index is -0.617. The molecule has 0 saturated carbocycles. The number of hydrogen-bond donors (Lipinski definition) is 2. The summed E-state index contributed by atoms with van der Waals surface area (Å²) in [6.45, 7) is 0.605. The molecule has 0 aliphatic rings. The van der Waals surface area contributed by atoms with E-state index >= 15 is 0 Å². The summed E-state index contributed by atoms with van der Waals surface area (Å²) in [4.78, 5) is 11.2. The van der Waals surface area contributed by atoms with E-state index in [9.17, 15) is 4.79 Å². The van der Waals surface area contributed by atoms with E-state index in [1.54, 1.807) is 0 Å². The van der Waals surface area contributed by atoms with Crippen molar-refractivity contribution in [2.24, 2.45) is 11.5 Å². The molecule has 0 amide bonds. The van der Waals surface area contributed by atoms with E-state index in [4.69, 9.17) is 17.9 Å². The minimum Gasteiger partial charge on any atom is -0.371 e. The Hall–Kier alpha value is -1.49. The molecule has 4 heteroatoms. The molecule has 0 aromatic carbocycles. The highest BCUT2D eigenvalue weighted by Crippen LogP contribution is 1.99. The lowest BCUT2D eigenvalue weighted by Gasteiger charge is -2.06. The number of nitrogens with two attached hydrogens (primary N) is 2. The van der Waals surface area contributed by atoms with Crippen LogP contribution in [0.25, 0.3) is 0 Å². The van der Waals surface area contributed by atoms with Gasteiger partial charge >= 0.3 is 5.97 Å². The third kappa shape index (κ3) is 7.87. The summed E-state index contributed by atoms with van der Waals surface area (Å²) in [5, 5.41) is 0. The van der Waals surface area contributed by atoms with Gasteiger partial charge in [0.1, 0.15) is 12.1 Å². The first-order valence-electron chi connectivity index (χ1n) is 5.30. The molecule has 0 heterocycles. The van der Waals surface area contributed by atoms with Crippen molar-refractivity contribution in [3.05, 3.63) is 0 Å². The number of rotatable bonds is 6. The van der Waals surface area contributed by atoms with Gasteiger partial charge in [0.2, 0.25) is 0 Å². The molecule has 4 nitrogen and oxygen atoms in total. The van der Waals surface area contributed by atoms with Gasteiger partial charge in [-0.1, -0.05) is 12.3 Å². The highest BCUT2D eigenvalue weighted by molar-refractivity contribution is 5.76. The smallest absolute Gasteiger partial charge is 0.336 e. The summed E-state index contributed by atoms with van der Waals surface area (Å²) >= 11 is 0. The second-order valence-corrected chi connectivity index (χ2v) is 3.30. The number of carbonyl (C=O) groups excluding carboxylic acids is 1. The van der Waals surface area contributed by atoms with Crippen molar-refractivity contribution in [1.82, 2.24) is 0 Å². The molecule has 0 aromatic rings. The lowest BCUT2D eigenvalue weighted by Crippen LogP contribution is -2.31. The average Bonchev–Trinajstić information content (AvgIpc) is 2.28. The molecule has 16 heavy (non-hydrogen) atoms.